The molecular formula is C35H21N3S. The molecule has 0 saturated heterocycles. The maximum Gasteiger partial charge on any atom is 0.164 e. The predicted molar refractivity (Wildman–Crippen MR) is 164 cm³/mol. The first kappa shape index (κ1) is 22.1. The molecule has 182 valence electrons. The van der Waals surface area contributed by atoms with Crippen molar-refractivity contribution < 1.29 is 0 Å². The van der Waals surface area contributed by atoms with E-state index in [2.05, 4.69) is 66.7 Å². The minimum atomic E-state index is 0.674. The maximum atomic E-state index is 5.03. The molecule has 2 heterocycles. The fraction of sp³-hybridized carbons (Fsp3) is 0. The van der Waals surface area contributed by atoms with Crippen LogP contribution in [0.2, 0.25) is 0 Å². The van der Waals surface area contributed by atoms with Gasteiger partial charge in [-0.3, -0.25) is 0 Å². The minimum absolute atomic E-state index is 0.674. The third kappa shape index (κ3) is 3.61. The van der Waals surface area contributed by atoms with E-state index in [4.69, 9.17) is 15.0 Å². The quantitative estimate of drug-likeness (QED) is 0.220. The van der Waals surface area contributed by atoms with Crippen LogP contribution in [0.1, 0.15) is 0 Å². The van der Waals surface area contributed by atoms with Crippen molar-refractivity contribution in [1.82, 2.24) is 15.0 Å². The number of thiophene rings is 1. The Balaban J connectivity index is 1.44. The maximum absolute atomic E-state index is 5.03. The minimum Gasteiger partial charge on any atom is -0.208 e. The molecule has 0 aliphatic rings. The summed E-state index contributed by atoms with van der Waals surface area (Å²) in [6.45, 7) is 0. The zero-order chi connectivity index (χ0) is 25.8. The molecule has 0 bridgehead atoms. The van der Waals surface area contributed by atoms with E-state index in [1.54, 1.807) is 0 Å². The Bertz CT molecular complexity index is 2110. The molecule has 2 aromatic heterocycles. The molecule has 6 aromatic carbocycles. The molecular weight excluding hydrogens is 494 g/mol. The molecule has 0 aliphatic carbocycles. The molecule has 0 radical (unpaired) electrons. The van der Waals surface area contributed by atoms with E-state index in [1.165, 1.54) is 41.7 Å². The van der Waals surface area contributed by atoms with Gasteiger partial charge in [-0.2, -0.15) is 0 Å². The number of hydrogen-bond donors (Lipinski definition) is 0. The van der Waals surface area contributed by atoms with Gasteiger partial charge in [-0.25, -0.2) is 15.0 Å². The standard InChI is InChI=1S/C35H21N3S/c1-3-11-24(12-4-1)33-36-34(25-13-5-2-6-14-25)38-35(37-33)28-16-9-17-29-31(28)27-21-20-23-19-18-22-10-7-8-15-26(22)30(23)32(27)39-29/h1-21H. The molecule has 39 heavy (non-hydrogen) atoms. The van der Waals surface area contributed by atoms with E-state index >= 15 is 0 Å². The first-order chi connectivity index (χ1) is 19.3. The second kappa shape index (κ2) is 8.83. The first-order valence-corrected chi connectivity index (χ1v) is 13.8. The zero-order valence-corrected chi connectivity index (χ0v) is 21.7. The van der Waals surface area contributed by atoms with Crippen LogP contribution in [0.15, 0.2) is 127 Å². The summed E-state index contributed by atoms with van der Waals surface area (Å²) >= 11 is 1.84. The summed E-state index contributed by atoms with van der Waals surface area (Å²) in [5.74, 6) is 2.03. The van der Waals surface area contributed by atoms with Crippen LogP contribution in [0.25, 0.3) is 75.9 Å². The predicted octanol–water partition coefficient (Wildman–Crippen LogP) is 9.55. The highest BCUT2D eigenvalue weighted by molar-refractivity contribution is 7.27. The SMILES string of the molecule is c1ccc(-c2nc(-c3ccccc3)nc(-c3cccc4sc5c(ccc6ccc7ccccc7c65)c34)n2)cc1. The lowest BCUT2D eigenvalue weighted by Crippen LogP contribution is -2.00. The highest BCUT2D eigenvalue weighted by Crippen LogP contribution is 2.44. The molecule has 0 aliphatic heterocycles. The van der Waals surface area contributed by atoms with Crippen LogP contribution in [0, 0.1) is 0 Å². The molecule has 0 N–H and O–H groups in total. The van der Waals surface area contributed by atoms with Crippen LogP contribution in [-0.4, -0.2) is 15.0 Å². The summed E-state index contributed by atoms with van der Waals surface area (Å²) in [7, 11) is 0. The van der Waals surface area contributed by atoms with Crippen LogP contribution in [0.4, 0.5) is 0 Å². The molecule has 0 amide bonds. The van der Waals surface area contributed by atoms with Crippen LogP contribution in [-0.2, 0) is 0 Å². The Labute approximate surface area is 229 Å². The summed E-state index contributed by atoms with van der Waals surface area (Å²) in [5, 5.41) is 7.53. The third-order valence-corrected chi connectivity index (χ3v) is 8.50. The average Bonchev–Trinajstić information content (AvgIpc) is 3.40. The third-order valence-electron chi connectivity index (χ3n) is 7.31. The van der Waals surface area contributed by atoms with Crippen molar-refractivity contribution in [1.29, 1.82) is 0 Å². The van der Waals surface area contributed by atoms with Gasteiger partial charge in [0.05, 0.1) is 0 Å². The van der Waals surface area contributed by atoms with Crippen molar-refractivity contribution in [3.8, 4) is 34.2 Å². The van der Waals surface area contributed by atoms with Gasteiger partial charge < -0.3 is 0 Å². The van der Waals surface area contributed by atoms with Gasteiger partial charge in [0, 0.05) is 42.2 Å². The van der Waals surface area contributed by atoms with Gasteiger partial charge >= 0.3 is 0 Å². The van der Waals surface area contributed by atoms with Crippen molar-refractivity contribution in [2.45, 2.75) is 0 Å². The Kier molecular flexibility index (Phi) is 5.00. The number of hydrogen-bond acceptors (Lipinski definition) is 4. The van der Waals surface area contributed by atoms with Gasteiger partial charge in [0.2, 0.25) is 0 Å². The topological polar surface area (TPSA) is 38.7 Å². The lowest BCUT2D eigenvalue weighted by Gasteiger charge is -2.10. The van der Waals surface area contributed by atoms with E-state index in [-0.39, 0.29) is 0 Å². The van der Waals surface area contributed by atoms with Gasteiger partial charge in [0.25, 0.3) is 0 Å². The molecule has 8 aromatic rings. The lowest BCUT2D eigenvalue weighted by molar-refractivity contribution is 1.08. The number of rotatable bonds is 3. The van der Waals surface area contributed by atoms with Crippen molar-refractivity contribution in [2.24, 2.45) is 0 Å². The highest BCUT2D eigenvalue weighted by atomic mass is 32.1. The second-order valence-corrected chi connectivity index (χ2v) is 10.7. The fourth-order valence-corrected chi connectivity index (χ4v) is 6.78. The second-order valence-electron chi connectivity index (χ2n) is 9.65. The molecule has 4 heteroatoms. The molecule has 0 atom stereocenters. The van der Waals surface area contributed by atoms with Crippen molar-refractivity contribution >= 4 is 53.1 Å². The highest BCUT2D eigenvalue weighted by Gasteiger charge is 2.18. The van der Waals surface area contributed by atoms with Crippen LogP contribution in [0.3, 0.4) is 0 Å². The van der Waals surface area contributed by atoms with Crippen LogP contribution < -0.4 is 0 Å². The number of fused-ring (bicyclic) bond motifs is 7. The number of nitrogens with zero attached hydrogens (tertiary/aromatic N) is 3. The van der Waals surface area contributed by atoms with Crippen LogP contribution in [0.5, 0.6) is 0 Å². The van der Waals surface area contributed by atoms with Gasteiger partial charge in [0.1, 0.15) is 0 Å². The largest absolute Gasteiger partial charge is 0.208 e. The Morgan fingerprint density at radius 3 is 1.77 bits per heavy atom. The molecule has 3 nitrogen and oxygen atoms in total. The van der Waals surface area contributed by atoms with Gasteiger partial charge in [-0.15, -0.1) is 11.3 Å². The summed E-state index contributed by atoms with van der Waals surface area (Å²) in [6.07, 6.45) is 0. The molecule has 0 unspecified atom stereocenters. The molecule has 0 fully saturated rings. The van der Waals surface area contributed by atoms with E-state index < -0.39 is 0 Å². The van der Waals surface area contributed by atoms with Gasteiger partial charge in [-0.1, -0.05) is 121 Å². The van der Waals surface area contributed by atoms with Gasteiger partial charge in [0.15, 0.2) is 17.5 Å². The molecule has 0 saturated carbocycles. The summed E-state index contributed by atoms with van der Waals surface area (Å²) < 4.78 is 2.53. The van der Waals surface area contributed by atoms with Crippen molar-refractivity contribution in [3.63, 3.8) is 0 Å². The van der Waals surface area contributed by atoms with Gasteiger partial charge in [-0.05, 0) is 22.2 Å². The summed E-state index contributed by atoms with van der Waals surface area (Å²) in [4.78, 5) is 14.9. The molecule has 0 spiro atoms. The van der Waals surface area contributed by atoms with Crippen molar-refractivity contribution in [2.75, 3.05) is 0 Å². The van der Waals surface area contributed by atoms with Crippen LogP contribution >= 0.6 is 11.3 Å². The fourth-order valence-electron chi connectivity index (χ4n) is 5.49. The summed E-state index contributed by atoms with van der Waals surface area (Å²) in [5.41, 5.74) is 2.96. The Morgan fingerprint density at radius 1 is 0.410 bits per heavy atom. The first-order valence-electron chi connectivity index (χ1n) is 13.0. The zero-order valence-electron chi connectivity index (χ0n) is 20.9. The Morgan fingerprint density at radius 2 is 1.03 bits per heavy atom. The summed E-state index contributed by atoms with van der Waals surface area (Å²) in [6, 6.07) is 44.3. The number of benzene rings is 6. The van der Waals surface area contributed by atoms with E-state index in [1.807, 2.05) is 72.0 Å². The average molecular weight is 516 g/mol. The lowest BCUT2D eigenvalue weighted by atomic mass is 9.98. The number of aromatic nitrogens is 3. The van der Waals surface area contributed by atoms with E-state index in [9.17, 15) is 0 Å². The van der Waals surface area contributed by atoms with E-state index in [0.717, 1.165) is 16.7 Å². The van der Waals surface area contributed by atoms with Crippen molar-refractivity contribution in [3.05, 3.63) is 127 Å². The smallest absolute Gasteiger partial charge is 0.164 e. The van der Waals surface area contributed by atoms with E-state index in [0.29, 0.717) is 17.5 Å². The Hall–Kier alpha value is -4.93. The normalized spacial score (nSPS) is 11.6. The molecule has 8 rings (SSSR count). The monoisotopic (exact) mass is 515 g/mol.